The average Bonchev–Trinajstić information content (AvgIpc) is 3.56. The molecule has 1 aromatic carbocycles. The fourth-order valence-electron chi connectivity index (χ4n) is 4.64. The number of thiazole rings is 1. The first-order chi connectivity index (χ1) is 17.4. The maximum absolute atomic E-state index is 13.7. The largest absolute Gasteiger partial charge is 0.383 e. The van der Waals surface area contributed by atoms with Crippen molar-refractivity contribution in [1.29, 1.82) is 0 Å². The maximum Gasteiger partial charge on any atom is 0.275 e. The summed E-state index contributed by atoms with van der Waals surface area (Å²) in [4.78, 5) is 45.2. The van der Waals surface area contributed by atoms with Crippen molar-refractivity contribution in [2.45, 2.75) is 45.6 Å². The van der Waals surface area contributed by atoms with Gasteiger partial charge in [0.1, 0.15) is 5.69 Å². The molecule has 1 aliphatic rings. The van der Waals surface area contributed by atoms with Crippen LogP contribution in [0.1, 0.15) is 59.7 Å². The molecule has 2 aromatic heterocycles. The topological polar surface area (TPSA) is 88.6 Å². The predicted molar refractivity (Wildman–Crippen MR) is 145 cm³/mol. The number of aldehydes is 1. The molecule has 0 bridgehead atoms. The van der Waals surface area contributed by atoms with Crippen LogP contribution in [0.15, 0.2) is 41.2 Å². The van der Waals surface area contributed by atoms with E-state index in [9.17, 15) is 14.4 Å². The minimum absolute atomic E-state index is 0.0380. The van der Waals surface area contributed by atoms with Crippen molar-refractivity contribution in [3.05, 3.63) is 51.8 Å². The molecule has 1 aliphatic carbocycles. The number of anilines is 2. The number of benzene rings is 1. The molecule has 0 aliphatic heterocycles. The molecule has 1 atom stereocenters. The van der Waals surface area contributed by atoms with E-state index in [1.807, 2.05) is 37.3 Å². The third-order valence-corrected chi connectivity index (χ3v) is 8.34. The quantitative estimate of drug-likeness (QED) is 0.340. The predicted octanol–water partition coefficient (Wildman–Crippen LogP) is 6.13. The Morgan fingerprint density at radius 2 is 1.94 bits per heavy atom. The van der Waals surface area contributed by atoms with Crippen molar-refractivity contribution in [1.82, 2.24) is 4.98 Å². The zero-order valence-corrected chi connectivity index (χ0v) is 22.4. The SMILES string of the molecule is COCC(C)N(C(=O)C1CCC(C)CC1)c1cc(-c2ccc(NC(=O)c3cscn3)cc2)sc1C=O. The van der Waals surface area contributed by atoms with Crippen LogP contribution in [0.4, 0.5) is 11.4 Å². The summed E-state index contributed by atoms with van der Waals surface area (Å²) in [5.41, 5.74) is 4.19. The van der Waals surface area contributed by atoms with Gasteiger partial charge in [-0.2, -0.15) is 0 Å². The van der Waals surface area contributed by atoms with Gasteiger partial charge in [0, 0.05) is 29.0 Å². The van der Waals surface area contributed by atoms with Crippen LogP contribution in [0.3, 0.4) is 0 Å². The van der Waals surface area contributed by atoms with Gasteiger partial charge < -0.3 is 15.0 Å². The molecular formula is C27H31N3O4S2. The van der Waals surface area contributed by atoms with Gasteiger partial charge in [-0.3, -0.25) is 14.4 Å². The minimum atomic E-state index is -0.260. The van der Waals surface area contributed by atoms with E-state index in [1.165, 1.54) is 22.7 Å². The van der Waals surface area contributed by atoms with Crippen molar-refractivity contribution in [2.75, 3.05) is 23.9 Å². The lowest BCUT2D eigenvalue weighted by Gasteiger charge is -2.34. The monoisotopic (exact) mass is 525 g/mol. The molecule has 2 heterocycles. The Balaban J connectivity index is 1.59. The second kappa shape index (κ2) is 11.9. The number of aromatic nitrogens is 1. The summed E-state index contributed by atoms with van der Waals surface area (Å²) in [7, 11) is 1.62. The molecule has 7 nitrogen and oxygen atoms in total. The van der Waals surface area contributed by atoms with E-state index in [0.29, 0.717) is 34.5 Å². The van der Waals surface area contributed by atoms with E-state index in [2.05, 4.69) is 17.2 Å². The highest BCUT2D eigenvalue weighted by Gasteiger charge is 2.33. The molecule has 9 heteroatoms. The van der Waals surface area contributed by atoms with Crippen LogP contribution in [0.25, 0.3) is 10.4 Å². The molecule has 0 saturated heterocycles. The molecule has 0 radical (unpaired) electrons. The molecular weight excluding hydrogens is 494 g/mol. The molecule has 3 aromatic rings. The second-order valence-corrected chi connectivity index (χ2v) is 11.2. The van der Waals surface area contributed by atoms with E-state index in [-0.39, 0.29) is 23.8 Å². The van der Waals surface area contributed by atoms with Gasteiger partial charge in [-0.1, -0.05) is 19.1 Å². The van der Waals surface area contributed by atoms with E-state index < -0.39 is 0 Å². The van der Waals surface area contributed by atoms with Gasteiger partial charge in [0.2, 0.25) is 5.91 Å². The van der Waals surface area contributed by atoms with Gasteiger partial charge in [-0.25, -0.2) is 4.98 Å². The molecule has 1 saturated carbocycles. The Morgan fingerprint density at radius 1 is 1.22 bits per heavy atom. The van der Waals surface area contributed by atoms with Crippen LogP contribution in [-0.4, -0.2) is 42.8 Å². The Labute approximate surface area is 219 Å². The summed E-state index contributed by atoms with van der Waals surface area (Å²) >= 11 is 2.73. The van der Waals surface area contributed by atoms with Crippen molar-refractivity contribution < 1.29 is 19.1 Å². The minimum Gasteiger partial charge on any atom is -0.383 e. The number of hydrogen-bond donors (Lipinski definition) is 1. The Hall–Kier alpha value is -2.88. The summed E-state index contributed by atoms with van der Waals surface area (Å²) in [6.07, 6.45) is 4.66. The number of hydrogen-bond acceptors (Lipinski definition) is 7. The molecule has 36 heavy (non-hydrogen) atoms. The van der Waals surface area contributed by atoms with Crippen molar-refractivity contribution in [2.24, 2.45) is 11.8 Å². The summed E-state index contributed by atoms with van der Waals surface area (Å²) in [5.74, 6) is 0.415. The first-order valence-electron chi connectivity index (χ1n) is 12.1. The molecule has 4 rings (SSSR count). The molecule has 1 unspecified atom stereocenters. The third-order valence-electron chi connectivity index (χ3n) is 6.65. The van der Waals surface area contributed by atoms with E-state index in [0.717, 1.165) is 42.4 Å². The summed E-state index contributed by atoms with van der Waals surface area (Å²) in [6, 6.07) is 9.15. The first kappa shape index (κ1) is 26.2. The number of nitrogens with zero attached hydrogens (tertiary/aromatic N) is 2. The highest BCUT2D eigenvalue weighted by atomic mass is 32.1. The van der Waals surface area contributed by atoms with E-state index >= 15 is 0 Å². The van der Waals surface area contributed by atoms with Gasteiger partial charge in [0.15, 0.2) is 6.29 Å². The standard InChI is InChI=1S/C27H31N3O4S2/c1-17-4-6-20(7-5-17)27(33)30(18(2)14-34-3)23-12-24(36-25(23)13-31)19-8-10-21(11-9-19)29-26(32)22-15-35-16-28-22/h8-13,15-18,20H,4-7,14H2,1-3H3,(H,29,32). The lowest BCUT2D eigenvalue weighted by Crippen LogP contribution is -2.45. The molecule has 0 spiro atoms. The van der Waals surface area contributed by atoms with E-state index in [4.69, 9.17) is 4.74 Å². The van der Waals surface area contributed by atoms with Gasteiger partial charge in [0.25, 0.3) is 5.91 Å². The van der Waals surface area contributed by atoms with Gasteiger partial charge >= 0.3 is 0 Å². The van der Waals surface area contributed by atoms with Gasteiger partial charge in [0.05, 0.1) is 28.7 Å². The summed E-state index contributed by atoms with van der Waals surface area (Å²) < 4.78 is 5.38. The Bertz CT molecular complexity index is 1180. The van der Waals surface area contributed by atoms with Gasteiger partial charge in [-0.05, 0) is 62.3 Å². The third kappa shape index (κ3) is 5.91. The number of thiophene rings is 1. The van der Waals surface area contributed by atoms with Crippen LogP contribution in [0.2, 0.25) is 0 Å². The number of rotatable bonds is 9. The number of carbonyl (C=O) groups is 3. The Morgan fingerprint density at radius 3 is 2.56 bits per heavy atom. The molecule has 1 fully saturated rings. The van der Waals surface area contributed by atoms with Crippen LogP contribution < -0.4 is 10.2 Å². The number of amides is 2. The summed E-state index contributed by atoms with van der Waals surface area (Å²) in [5, 5.41) is 4.54. The number of ether oxygens (including phenoxy) is 1. The molecule has 1 N–H and O–H groups in total. The first-order valence-corrected chi connectivity index (χ1v) is 13.9. The van der Waals surface area contributed by atoms with Crippen LogP contribution >= 0.6 is 22.7 Å². The second-order valence-electron chi connectivity index (χ2n) is 9.35. The number of nitrogens with one attached hydrogen (secondary N) is 1. The zero-order chi connectivity index (χ0) is 25.7. The van der Waals surface area contributed by atoms with Crippen molar-refractivity contribution in [3.8, 4) is 10.4 Å². The van der Waals surface area contributed by atoms with Crippen LogP contribution in [0.5, 0.6) is 0 Å². The van der Waals surface area contributed by atoms with Crippen molar-refractivity contribution in [3.63, 3.8) is 0 Å². The highest BCUT2D eigenvalue weighted by molar-refractivity contribution is 7.17. The zero-order valence-electron chi connectivity index (χ0n) is 20.7. The van der Waals surface area contributed by atoms with Crippen LogP contribution in [-0.2, 0) is 9.53 Å². The molecule has 190 valence electrons. The lowest BCUT2D eigenvalue weighted by molar-refractivity contribution is -0.124. The fourth-order valence-corrected chi connectivity index (χ4v) is 6.14. The van der Waals surface area contributed by atoms with Gasteiger partial charge in [-0.15, -0.1) is 22.7 Å². The Kier molecular flexibility index (Phi) is 8.66. The smallest absolute Gasteiger partial charge is 0.275 e. The van der Waals surface area contributed by atoms with Crippen molar-refractivity contribution >= 4 is 52.1 Å². The normalized spacial score (nSPS) is 18.4. The van der Waals surface area contributed by atoms with Crippen LogP contribution in [0, 0.1) is 11.8 Å². The van der Waals surface area contributed by atoms with E-state index in [1.54, 1.807) is 22.9 Å². The lowest BCUT2D eigenvalue weighted by atomic mass is 9.82. The molecule has 2 amide bonds. The average molecular weight is 526 g/mol. The highest BCUT2D eigenvalue weighted by Crippen LogP contribution is 2.39. The maximum atomic E-state index is 13.7. The summed E-state index contributed by atoms with van der Waals surface area (Å²) in [6.45, 7) is 4.57. The fraction of sp³-hybridized carbons (Fsp3) is 0.407. The number of carbonyl (C=O) groups excluding carboxylic acids is 3. The number of methoxy groups -OCH3 is 1.